The molecular weight excluding hydrogens is 224 g/mol. The zero-order valence-corrected chi connectivity index (χ0v) is 10.3. The highest BCUT2D eigenvalue weighted by Crippen LogP contribution is 2.16. The third-order valence-corrected chi connectivity index (χ3v) is 3.61. The summed E-state index contributed by atoms with van der Waals surface area (Å²) in [6, 6.07) is 0.474. The number of aromatic nitrogens is 2. The van der Waals surface area contributed by atoms with Crippen LogP contribution < -0.4 is 10.6 Å². The van der Waals surface area contributed by atoms with Gasteiger partial charge in [-0.1, -0.05) is 11.4 Å². The number of carbonyl (C=O) groups is 1. The van der Waals surface area contributed by atoms with Gasteiger partial charge in [0.25, 0.3) is 5.91 Å². The monoisotopic (exact) mass is 240 g/mol. The maximum absolute atomic E-state index is 11.8. The van der Waals surface area contributed by atoms with Crippen LogP contribution in [0.4, 0.5) is 0 Å². The van der Waals surface area contributed by atoms with Crippen molar-refractivity contribution in [1.82, 2.24) is 20.2 Å². The largest absolute Gasteiger partial charge is 0.346 e. The fourth-order valence-corrected chi connectivity index (χ4v) is 2.53. The Kier molecular flexibility index (Phi) is 3.50. The van der Waals surface area contributed by atoms with E-state index in [1.807, 2.05) is 0 Å². The van der Waals surface area contributed by atoms with Gasteiger partial charge in [-0.05, 0) is 37.3 Å². The number of piperidine rings is 1. The van der Waals surface area contributed by atoms with Crippen LogP contribution in [-0.4, -0.2) is 34.1 Å². The summed E-state index contributed by atoms with van der Waals surface area (Å²) >= 11 is 1.19. The lowest BCUT2D eigenvalue weighted by atomic mass is 9.89. The van der Waals surface area contributed by atoms with Crippen LogP contribution in [0.15, 0.2) is 5.38 Å². The number of nitrogens with zero attached hydrogens (tertiary/aromatic N) is 2. The quantitative estimate of drug-likeness (QED) is 0.796. The van der Waals surface area contributed by atoms with Crippen molar-refractivity contribution >= 4 is 17.4 Å². The Morgan fingerprint density at radius 2 is 2.44 bits per heavy atom. The summed E-state index contributed by atoms with van der Waals surface area (Å²) in [6.45, 7) is 5.29. The number of amides is 1. The highest BCUT2D eigenvalue weighted by atomic mass is 32.1. The van der Waals surface area contributed by atoms with Crippen molar-refractivity contribution < 1.29 is 4.79 Å². The average Bonchev–Trinajstić information content (AvgIpc) is 2.76. The Bertz CT molecular complexity index is 344. The van der Waals surface area contributed by atoms with E-state index in [1.165, 1.54) is 11.5 Å². The molecule has 6 heteroatoms. The molecule has 2 N–H and O–H groups in total. The van der Waals surface area contributed by atoms with Gasteiger partial charge in [-0.15, -0.1) is 5.10 Å². The fraction of sp³-hybridized carbons (Fsp3) is 0.700. The van der Waals surface area contributed by atoms with Crippen molar-refractivity contribution in [2.24, 2.45) is 5.92 Å². The van der Waals surface area contributed by atoms with Crippen LogP contribution in [-0.2, 0) is 0 Å². The first-order valence-electron chi connectivity index (χ1n) is 5.50. The maximum atomic E-state index is 11.8. The Morgan fingerprint density at radius 1 is 1.62 bits per heavy atom. The molecule has 0 radical (unpaired) electrons. The van der Waals surface area contributed by atoms with Crippen molar-refractivity contribution in [1.29, 1.82) is 0 Å². The van der Waals surface area contributed by atoms with Gasteiger partial charge in [0, 0.05) is 17.5 Å². The van der Waals surface area contributed by atoms with Gasteiger partial charge in [0.05, 0.1) is 0 Å². The van der Waals surface area contributed by atoms with E-state index in [0.717, 1.165) is 13.0 Å². The van der Waals surface area contributed by atoms with Gasteiger partial charge in [-0.2, -0.15) is 0 Å². The van der Waals surface area contributed by atoms with E-state index >= 15 is 0 Å². The molecule has 3 atom stereocenters. The first-order chi connectivity index (χ1) is 7.68. The van der Waals surface area contributed by atoms with Crippen molar-refractivity contribution in [3.63, 3.8) is 0 Å². The van der Waals surface area contributed by atoms with Gasteiger partial charge in [0.2, 0.25) is 0 Å². The number of carbonyl (C=O) groups excluding carboxylic acids is 1. The Labute approximate surface area is 98.8 Å². The minimum absolute atomic E-state index is 0.124. The smallest absolute Gasteiger partial charge is 0.273 e. The summed E-state index contributed by atoms with van der Waals surface area (Å²) in [5, 5.41) is 11.8. The van der Waals surface area contributed by atoms with Gasteiger partial charge >= 0.3 is 0 Å². The predicted octanol–water partition coefficient (Wildman–Crippen LogP) is 0.654. The van der Waals surface area contributed by atoms with E-state index in [1.54, 1.807) is 5.38 Å². The molecule has 0 aliphatic carbocycles. The molecule has 0 spiro atoms. The number of hydrogen-bond acceptors (Lipinski definition) is 5. The topological polar surface area (TPSA) is 66.9 Å². The molecule has 1 aromatic heterocycles. The van der Waals surface area contributed by atoms with Crippen molar-refractivity contribution in [3.8, 4) is 0 Å². The maximum Gasteiger partial charge on any atom is 0.273 e. The molecule has 1 saturated heterocycles. The summed E-state index contributed by atoms with van der Waals surface area (Å²) in [6.07, 6.45) is 1.09. The number of hydrogen-bond donors (Lipinski definition) is 2. The normalized spacial score (nSPS) is 30.0. The third kappa shape index (κ3) is 2.38. The van der Waals surface area contributed by atoms with Gasteiger partial charge in [0.15, 0.2) is 5.69 Å². The molecule has 2 heterocycles. The van der Waals surface area contributed by atoms with Crippen LogP contribution in [0.5, 0.6) is 0 Å². The average molecular weight is 240 g/mol. The Balaban J connectivity index is 2.00. The molecule has 88 valence electrons. The molecule has 1 aliphatic rings. The lowest BCUT2D eigenvalue weighted by Gasteiger charge is -2.35. The molecular formula is C10H16N4OS. The number of rotatable bonds is 2. The summed E-state index contributed by atoms with van der Waals surface area (Å²) in [5.74, 6) is 0.368. The molecule has 1 fully saturated rings. The lowest BCUT2D eigenvalue weighted by molar-refractivity contribution is 0.0892. The molecule has 1 amide bonds. The van der Waals surface area contributed by atoms with Gasteiger partial charge in [0.1, 0.15) is 0 Å². The van der Waals surface area contributed by atoms with Crippen LogP contribution in [0.1, 0.15) is 30.8 Å². The van der Waals surface area contributed by atoms with E-state index in [0.29, 0.717) is 17.7 Å². The molecule has 5 nitrogen and oxygen atoms in total. The molecule has 0 bridgehead atoms. The second kappa shape index (κ2) is 4.88. The van der Waals surface area contributed by atoms with Crippen molar-refractivity contribution in [2.45, 2.75) is 32.4 Å². The van der Waals surface area contributed by atoms with E-state index < -0.39 is 0 Å². The fourth-order valence-electron chi connectivity index (χ4n) is 2.09. The Morgan fingerprint density at radius 3 is 3.06 bits per heavy atom. The summed E-state index contributed by atoms with van der Waals surface area (Å²) < 4.78 is 3.69. The van der Waals surface area contributed by atoms with E-state index in [-0.39, 0.29) is 11.9 Å². The molecule has 3 unspecified atom stereocenters. The molecule has 2 rings (SSSR count). The summed E-state index contributed by atoms with van der Waals surface area (Å²) in [4.78, 5) is 11.8. The SMILES string of the molecule is CC1CCNC(C)C1NC(=O)c1csnn1. The zero-order chi connectivity index (χ0) is 11.5. The predicted molar refractivity (Wildman–Crippen MR) is 62.4 cm³/mol. The second-order valence-electron chi connectivity index (χ2n) is 4.30. The van der Waals surface area contributed by atoms with Crippen LogP contribution in [0.25, 0.3) is 0 Å². The van der Waals surface area contributed by atoms with E-state index in [4.69, 9.17) is 0 Å². The van der Waals surface area contributed by atoms with Crippen LogP contribution in [0.2, 0.25) is 0 Å². The van der Waals surface area contributed by atoms with Crippen LogP contribution in [0, 0.1) is 5.92 Å². The standard InChI is InChI=1S/C10H16N4OS/c1-6-3-4-11-7(2)9(6)12-10(15)8-5-16-14-13-8/h5-7,9,11H,3-4H2,1-2H3,(H,12,15). The Hall–Kier alpha value is -1.01. The van der Waals surface area contributed by atoms with E-state index in [9.17, 15) is 4.79 Å². The van der Waals surface area contributed by atoms with Crippen LogP contribution in [0.3, 0.4) is 0 Å². The highest BCUT2D eigenvalue weighted by Gasteiger charge is 2.29. The van der Waals surface area contributed by atoms with Gasteiger partial charge in [-0.25, -0.2) is 0 Å². The first kappa shape index (κ1) is 11.5. The highest BCUT2D eigenvalue weighted by molar-refractivity contribution is 7.03. The lowest BCUT2D eigenvalue weighted by Crippen LogP contribution is -2.55. The summed E-state index contributed by atoms with van der Waals surface area (Å²) in [7, 11) is 0. The van der Waals surface area contributed by atoms with Gasteiger partial charge in [-0.3, -0.25) is 4.79 Å². The molecule has 0 aromatic carbocycles. The second-order valence-corrected chi connectivity index (χ2v) is 4.91. The minimum Gasteiger partial charge on any atom is -0.346 e. The molecule has 16 heavy (non-hydrogen) atoms. The minimum atomic E-state index is -0.124. The molecule has 1 aromatic rings. The number of nitrogens with one attached hydrogen (secondary N) is 2. The van der Waals surface area contributed by atoms with Crippen molar-refractivity contribution in [3.05, 3.63) is 11.1 Å². The van der Waals surface area contributed by atoms with E-state index in [2.05, 4.69) is 34.1 Å². The van der Waals surface area contributed by atoms with Crippen LogP contribution >= 0.6 is 11.5 Å². The molecule has 0 saturated carbocycles. The third-order valence-electron chi connectivity index (χ3n) is 3.11. The first-order valence-corrected chi connectivity index (χ1v) is 6.33. The zero-order valence-electron chi connectivity index (χ0n) is 9.43. The van der Waals surface area contributed by atoms with Gasteiger partial charge < -0.3 is 10.6 Å². The van der Waals surface area contributed by atoms with Crippen molar-refractivity contribution in [2.75, 3.05) is 6.54 Å². The summed E-state index contributed by atoms with van der Waals surface area (Å²) in [5.41, 5.74) is 0.412. The molecule has 1 aliphatic heterocycles.